The lowest BCUT2D eigenvalue weighted by molar-refractivity contribution is 0.574. The van der Waals surface area contributed by atoms with E-state index < -0.39 is 11.6 Å². The standard InChI is InChI=1S/C19H20N6O.O2S/c1-12(2)16-11-22-25-17(16)23-13(3)24-19(25)21-10-14-6-4-5-7-15(14)18-20-8-9-26-18;1-3-2/h4-9,11-12H,10H2,1-3H3,(H,21,23,24);. The predicted molar refractivity (Wildman–Crippen MR) is 108 cm³/mol. The maximum Gasteiger partial charge on any atom is 0.335 e. The molecule has 4 aromatic rings. The highest BCUT2D eigenvalue weighted by molar-refractivity contribution is 7.51. The highest BCUT2D eigenvalue weighted by atomic mass is 32.1. The maximum atomic E-state index is 8.29. The third-order valence-corrected chi connectivity index (χ3v) is 4.25. The highest BCUT2D eigenvalue weighted by Gasteiger charge is 2.14. The van der Waals surface area contributed by atoms with Gasteiger partial charge in [0.2, 0.25) is 11.8 Å². The van der Waals surface area contributed by atoms with E-state index >= 15 is 0 Å². The Morgan fingerprint density at radius 1 is 1.21 bits per heavy atom. The van der Waals surface area contributed by atoms with Crippen LogP contribution in [0.15, 0.2) is 47.3 Å². The minimum Gasteiger partial charge on any atom is -0.445 e. The smallest absolute Gasteiger partial charge is 0.335 e. The SMILES string of the molecule is Cc1nc(NCc2ccccc2-c2ncco2)n2ncc(C(C)C)c2n1.O=S=O. The molecule has 0 bridgehead atoms. The monoisotopic (exact) mass is 412 g/mol. The predicted octanol–water partition coefficient (Wildman–Crippen LogP) is 3.15. The molecule has 0 amide bonds. The van der Waals surface area contributed by atoms with Crippen LogP contribution in [-0.4, -0.2) is 33.0 Å². The molecule has 10 heteroatoms. The van der Waals surface area contributed by atoms with Gasteiger partial charge in [-0.1, -0.05) is 32.0 Å². The molecule has 29 heavy (non-hydrogen) atoms. The van der Waals surface area contributed by atoms with E-state index in [-0.39, 0.29) is 0 Å². The van der Waals surface area contributed by atoms with Gasteiger partial charge in [0.25, 0.3) is 0 Å². The van der Waals surface area contributed by atoms with Gasteiger partial charge in [-0.05, 0) is 24.5 Å². The maximum absolute atomic E-state index is 8.29. The zero-order valence-corrected chi connectivity index (χ0v) is 17.0. The van der Waals surface area contributed by atoms with E-state index in [0.29, 0.717) is 30.1 Å². The number of oxazole rings is 1. The van der Waals surface area contributed by atoms with E-state index in [1.165, 1.54) is 0 Å². The lowest BCUT2D eigenvalue weighted by Gasteiger charge is -2.11. The summed E-state index contributed by atoms with van der Waals surface area (Å²) in [4.78, 5) is 13.3. The summed E-state index contributed by atoms with van der Waals surface area (Å²) < 4.78 is 23.8. The number of nitrogens with one attached hydrogen (secondary N) is 1. The van der Waals surface area contributed by atoms with Crippen LogP contribution in [0.1, 0.15) is 36.7 Å². The zero-order valence-electron chi connectivity index (χ0n) is 16.2. The van der Waals surface area contributed by atoms with Gasteiger partial charge in [-0.15, -0.1) is 0 Å². The number of aromatic nitrogens is 5. The van der Waals surface area contributed by atoms with E-state index in [1.54, 1.807) is 17.0 Å². The average Bonchev–Trinajstić information content (AvgIpc) is 3.37. The Labute approximate surface area is 170 Å². The van der Waals surface area contributed by atoms with E-state index in [2.05, 4.69) is 39.2 Å². The van der Waals surface area contributed by atoms with E-state index in [4.69, 9.17) is 12.8 Å². The van der Waals surface area contributed by atoms with Crippen molar-refractivity contribution < 1.29 is 12.8 Å². The van der Waals surface area contributed by atoms with Gasteiger partial charge in [0.1, 0.15) is 12.1 Å². The van der Waals surface area contributed by atoms with E-state index in [1.807, 2.05) is 37.4 Å². The van der Waals surface area contributed by atoms with Crippen molar-refractivity contribution in [3.05, 3.63) is 59.9 Å². The minimum atomic E-state index is -0.750. The molecular formula is C19H20N6O3S. The highest BCUT2D eigenvalue weighted by Crippen LogP contribution is 2.24. The summed E-state index contributed by atoms with van der Waals surface area (Å²) in [6, 6.07) is 8.00. The van der Waals surface area contributed by atoms with Crippen LogP contribution in [0, 0.1) is 6.92 Å². The molecule has 0 radical (unpaired) electrons. The number of aryl methyl sites for hydroxylation is 1. The Bertz CT molecular complexity index is 1130. The average molecular weight is 412 g/mol. The number of hydrogen-bond acceptors (Lipinski definition) is 8. The summed E-state index contributed by atoms with van der Waals surface area (Å²) in [6.45, 7) is 6.73. The molecule has 1 N–H and O–H groups in total. The molecule has 3 aromatic heterocycles. The van der Waals surface area contributed by atoms with Crippen LogP contribution in [0.5, 0.6) is 0 Å². The van der Waals surface area contributed by atoms with Crippen molar-refractivity contribution in [3.63, 3.8) is 0 Å². The second-order valence-electron chi connectivity index (χ2n) is 6.50. The molecule has 0 saturated carbocycles. The van der Waals surface area contributed by atoms with Crippen LogP contribution in [0.2, 0.25) is 0 Å². The quantitative estimate of drug-likeness (QED) is 0.531. The molecule has 0 spiro atoms. The molecule has 1 aromatic carbocycles. The van der Waals surface area contributed by atoms with Crippen LogP contribution < -0.4 is 5.32 Å². The van der Waals surface area contributed by atoms with Gasteiger partial charge < -0.3 is 9.73 Å². The van der Waals surface area contributed by atoms with Crippen molar-refractivity contribution in [3.8, 4) is 11.5 Å². The Morgan fingerprint density at radius 2 is 1.97 bits per heavy atom. The fourth-order valence-electron chi connectivity index (χ4n) is 2.94. The van der Waals surface area contributed by atoms with Gasteiger partial charge in [0.05, 0.1) is 12.4 Å². The summed E-state index contributed by atoms with van der Waals surface area (Å²) in [6.07, 6.45) is 5.09. The molecular weight excluding hydrogens is 392 g/mol. The van der Waals surface area contributed by atoms with Crippen molar-refractivity contribution in [2.24, 2.45) is 0 Å². The first-order valence-electron chi connectivity index (χ1n) is 8.90. The molecule has 0 saturated heterocycles. The summed E-state index contributed by atoms with van der Waals surface area (Å²) in [5, 5.41) is 7.84. The topological polar surface area (TPSA) is 115 Å². The van der Waals surface area contributed by atoms with Gasteiger partial charge in [0.15, 0.2) is 5.65 Å². The Kier molecular flexibility index (Phi) is 6.45. The van der Waals surface area contributed by atoms with Gasteiger partial charge in [-0.2, -0.15) is 23.0 Å². The molecule has 0 aliphatic rings. The minimum absolute atomic E-state index is 0.348. The number of fused-ring (bicyclic) bond motifs is 1. The largest absolute Gasteiger partial charge is 0.445 e. The molecule has 150 valence electrons. The molecule has 9 nitrogen and oxygen atoms in total. The fraction of sp³-hybridized carbons (Fsp3) is 0.263. The Hall–Kier alpha value is -3.40. The second-order valence-corrected chi connectivity index (χ2v) is 6.64. The van der Waals surface area contributed by atoms with Gasteiger partial charge in [-0.3, -0.25) is 0 Å². The van der Waals surface area contributed by atoms with Crippen LogP contribution in [-0.2, 0) is 18.1 Å². The second kappa shape index (κ2) is 9.20. The van der Waals surface area contributed by atoms with Crippen LogP contribution in [0.3, 0.4) is 0 Å². The summed E-state index contributed by atoms with van der Waals surface area (Å²) in [5.74, 6) is 2.33. The van der Waals surface area contributed by atoms with Crippen LogP contribution in [0.25, 0.3) is 17.1 Å². The third kappa shape index (κ3) is 4.54. The Morgan fingerprint density at radius 3 is 2.66 bits per heavy atom. The molecule has 0 atom stereocenters. The number of rotatable bonds is 5. The van der Waals surface area contributed by atoms with Gasteiger partial charge in [-0.25, -0.2) is 9.97 Å². The van der Waals surface area contributed by atoms with Crippen molar-refractivity contribution in [1.29, 1.82) is 0 Å². The molecule has 4 rings (SSSR count). The number of nitrogens with zero attached hydrogens (tertiary/aromatic N) is 5. The molecule has 0 aliphatic heterocycles. The molecule has 3 heterocycles. The number of hydrogen-bond donors (Lipinski definition) is 1. The third-order valence-electron chi connectivity index (χ3n) is 4.25. The van der Waals surface area contributed by atoms with Gasteiger partial charge >= 0.3 is 11.6 Å². The molecule has 0 aliphatic carbocycles. The normalized spacial score (nSPS) is 10.6. The lowest BCUT2D eigenvalue weighted by atomic mass is 10.1. The van der Waals surface area contributed by atoms with Crippen molar-refractivity contribution in [2.45, 2.75) is 33.2 Å². The summed E-state index contributed by atoms with van der Waals surface area (Å²) >= 11 is -0.750. The van der Waals surface area contributed by atoms with Crippen molar-refractivity contribution in [2.75, 3.05) is 5.32 Å². The van der Waals surface area contributed by atoms with Crippen molar-refractivity contribution in [1.82, 2.24) is 24.6 Å². The Balaban J connectivity index is 0.000000755. The summed E-state index contributed by atoms with van der Waals surface area (Å²) in [5.41, 5.74) is 3.97. The molecule has 0 fully saturated rings. The first kappa shape index (κ1) is 20.3. The first-order chi connectivity index (χ1) is 14.0. The van der Waals surface area contributed by atoms with E-state index in [0.717, 1.165) is 22.3 Å². The lowest BCUT2D eigenvalue weighted by Crippen LogP contribution is -2.10. The summed E-state index contributed by atoms with van der Waals surface area (Å²) in [7, 11) is 0. The van der Waals surface area contributed by atoms with Crippen LogP contribution >= 0.6 is 0 Å². The van der Waals surface area contributed by atoms with Gasteiger partial charge in [0, 0.05) is 17.7 Å². The number of anilines is 1. The fourth-order valence-corrected chi connectivity index (χ4v) is 2.94. The number of benzene rings is 1. The van der Waals surface area contributed by atoms with E-state index in [9.17, 15) is 0 Å². The molecule has 0 unspecified atom stereocenters. The first-order valence-corrected chi connectivity index (χ1v) is 9.57. The zero-order chi connectivity index (χ0) is 20.8. The van der Waals surface area contributed by atoms with Crippen LogP contribution in [0.4, 0.5) is 5.95 Å². The van der Waals surface area contributed by atoms with Crippen molar-refractivity contribution >= 4 is 23.2 Å².